The molecule has 0 aromatic heterocycles. The molecule has 5 nitrogen and oxygen atoms in total. The van der Waals surface area contributed by atoms with Crippen molar-refractivity contribution in [3.8, 4) is 11.5 Å². The lowest BCUT2D eigenvalue weighted by atomic mass is 10.0. The van der Waals surface area contributed by atoms with Crippen molar-refractivity contribution in [2.24, 2.45) is 11.5 Å². The van der Waals surface area contributed by atoms with Gasteiger partial charge >= 0.3 is 0 Å². The molecule has 1 unspecified atom stereocenters. The molecular weight excluding hydrogens is 356 g/mol. The molecule has 5 N–H and O–H groups in total. The van der Waals surface area contributed by atoms with Gasteiger partial charge in [0.25, 0.3) is 0 Å². The van der Waals surface area contributed by atoms with Gasteiger partial charge in [0, 0.05) is 16.9 Å². The van der Waals surface area contributed by atoms with Crippen LogP contribution in [0, 0.1) is 0 Å². The van der Waals surface area contributed by atoms with Crippen LogP contribution >= 0.6 is 31.9 Å². The highest BCUT2D eigenvalue weighted by Crippen LogP contribution is 2.43. The topological polar surface area (TPSA) is 98.6 Å². The van der Waals surface area contributed by atoms with E-state index in [1.54, 1.807) is 6.07 Å². The van der Waals surface area contributed by atoms with Gasteiger partial charge in [0.15, 0.2) is 11.5 Å². The van der Waals surface area contributed by atoms with E-state index >= 15 is 0 Å². The molecule has 1 aromatic rings. The van der Waals surface area contributed by atoms with Gasteiger partial charge in [-0.15, -0.1) is 0 Å². The van der Waals surface area contributed by atoms with Crippen LogP contribution < -0.4 is 16.2 Å². The molecule has 1 atom stereocenters. The largest absolute Gasteiger partial charge is 0.503 e. The molecule has 0 saturated heterocycles. The lowest BCUT2D eigenvalue weighted by Gasteiger charge is -2.16. The van der Waals surface area contributed by atoms with Gasteiger partial charge in [0.1, 0.15) is 0 Å². The van der Waals surface area contributed by atoms with Gasteiger partial charge in [0.2, 0.25) is 5.91 Å². The maximum atomic E-state index is 10.8. The molecular formula is C10H12Br2N2O3. The molecule has 0 aliphatic heterocycles. The molecule has 0 spiro atoms. The summed E-state index contributed by atoms with van der Waals surface area (Å²) in [6.07, 6.45) is 0.0129. The summed E-state index contributed by atoms with van der Waals surface area (Å²) >= 11 is 6.50. The number of carbonyl (C=O) groups excluding carboxylic acids is 1. The average molecular weight is 368 g/mol. The summed E-state index contributed by atoms with van der Waals surface area (Å²) in [7, 11) is 1.43. The molecule has 0 radical (unpaired) electrons. The van der Waals surface area contributed by atoms with E-state index in [0.29, 0.717) is 14.5 Å². The summed E-state index contributed by atoms with van der Waals surface area (Å²) < 4.78 is 6.00. The van der Waals surface area contributed by atoms with E-state index in [1.165, 1.54) is 7.11 Å². The zero-order valence-electron chi connectivity index (χ0n) is 9.04. The molecule has 0 heterocycles. The number of ether oxygens (including phenoxy) is 1. The van der Waals surface area contributed by atoms with Crippen molar-refractivity contribution in [3.63, 3.8) is 0 Å². The molecule has 94 valence electrons. The number of hydrogen-bond donors (Lipinski definition) is 3. The first kappa shape index (κ1) is 14.3. The van der Waals surface area contributed by atoms with Gasteiger partial charge in [-0.3, -0.25) is 4.79 Å². The molecule has 0 fully saturated rings. The van der Waals surface area contributed by atoms with Crippen molar-refractivity contribution in [2.75, 3.05) is 7.11 Å². The number of aromatic hydroxyl groups is 1. The highest BCUT2D eigenvalue weighted by Gasteiger charge is 2.20. The minimum Gasteiger partial charge on any atom is -0.503 e. The van der Waals surface area contributed by atoms with E-state index in [1.807, 2.05) is 0 Å². The van der Waals surface area contributed by atoms with Crippen LogP contribution in [0.1, 0.15) is 18.0 Å². The Hall–Kier alpha value is -0.790. The number of carbonyl (C=O) groups is 1. The Morgan fingerprint density at radius 3 is 2.59 bits per heavy atom. The third kappa shape index (κ3) is 3.11. The number of phenolic OH excluding ortho intramolecular Hbond substituents is 1. The molecule has 0 aliphatic rings. The third-order valence-corrected chi connectivity index (χ3v) is 4.37. The van der Waals surface area contributed by atoms with Crippen LogP contribution in [0.25, 0.3) is 0 Å². The Bertz CT molecular complexity index is 452. The minimum atomic E-state index is -0.562. The first-order valence-electron chi connectivity index (χ1n) is 4.67. The van der Waals surface area contributed by atoms with E-state index in [4.69, 9.17) is 16.2 Å². The first-order chi connectivity index (χ1) is 7.88. The maximum Gasteiger partial charge on any atom is 0.219 e. The smallest absolute Gasteiger partial charge is 0.219 e. The van der Waals surface area contributed by atoms with Crippen LogP contribution in [0.2, 0.25) is 0 Å². The predicted molar refractivity (Wildman–Crippen MR) is 70.8 cm³/mol. The number of nitrogens with two attached hydrogens (primary N) is 2. The molecule has 1 amide bonds. The molecule has 1 rings (SSSR count). The Kier molecular flexibility index (Phi) is 4.79. The van der Waals surface area contributed by atoms with Gasteiger partial charge < -0.3 is 21.3 Å². The van der Waals surface area contributed by atoms with Crippen LogP contribution in [0.15, 0.2) is 15.0 Å². The Morgan fingerprint density at radius 2 is 2.12 bits per heavy atom. The fourth-order valence-electron chi connectivity index (χ4n) is 1.36. The van der Waals surface area contributed by atoms with Crippen LogP contribution in [-0.2, 0) is 4.79 Å². The fraction of sp³-hybridized carbons (Fsp3) is 0.300. The summed E-state index contributed by atoms with van der Waals surface area (Å²) in [5, 5.41) is 9.73. The van der Waals surface area contributed by atoms with Crippen molar-refractivity contribution in [3.05, 3.63) is 20.6 Å². The molecule has 0 saturated carbocycles. The second kappa shape index (κ2) is 5.70. The van der Waals surface area contributed by atoms with Crippen molar-refractivity contribution >= 4 is 37.8 Å². The summed E-state index contributed by atoms with van der Waals surface area (Å²) in [5.74, 6) is -0.253. The molecule has 7 heteroatoms. The Morgan fingerprint density at radius 1 is 1.53 bits per heavy atom. The maximum absolute atomic E-state index is 10.8. The zero-order valence-corrected chi connectivity index (χ0v) is 12.2. The molecule has 1 aromatic carbocycles. The SMILES string of the molecule is COc1cc(C(N)CC(N)=O)c(Br)c(Br)c1O. The second-order valence-electron chi connectivity index (χ2n) is 3.42. The van der Waals surface area contributed by atoms with Crippen LogP contribution in [-0.4, -0.2) is 18.1 Å². The van der Waals surface area contributed by atoms with Crippen molar-refractivity contribution in [1.29, 1.82) is 0 Å². The lowest BCUT2D eigenvalue weighted by molar-refractivity contribution is -0.118. The second-order valence-corrected chi connectivity index (χ2v) is 5.01. The summed E-state index contributed by atoms with van der Waals surface area (Å²) in [6.45, 7) is 0. The number of methoxy groups -OCH3 is 1. The standard InChI is InChI=1S/C10H12Br2N2O3/c1-17-6-2-4(5(13)3-7(14)15)8(11)9(12)10(6)16/h2,5,16H,3,13H2,1H3,(H2,14,15). The van der Waals surface area contributed by atoms with Crippen LogP contribution in [0.5, 0.6) is 11.5 Å². The van der Waals surface area contributed by atoms with Gasteiger partial charge in [0.05, 0.1) is 11.6 Å². The monoisotopic (exact) mass is 366 g/mol. The lowest BCUT2D eigenvalue weighted by Crippen LogP contribution is -2.21. The van der Waals surface area contributed by atoms with Gasteiger partial charge in [-0.25, -0.2) is 0 Å². The normalized spacial score (nSPS) is 12.2. The van der Waals surface area contributed by atoms with Crippen molar-refractivity contribution in [1.82, 2.24) is 0 Å². The quantitative estimate of drug-likeness (QED) is 0.755. The highest BCUT2D eigenvalue weighted by atomic mass is 79.9. The van der Waals surface area contributed by atoms with E-state index in [-0.39, 0.29) is 17.9 Å². The van der Waals surface area contributed by atoms with Gasteiger partial charge in [-0.2, -0.15) is 0 Å². The van der Waals surface area contributed by atoms with Crippen molar-refractivity contribution < 1.29 is 14.6 Å². The van der Waals surface area contributed by atoms with Gasteiger partial charge in [-0.05, 0) is 43.5 Å². The number of halogens is 2. The van der Waals surface area contributed by atoms with E-state index < -0.39 is 11.9 Å². The van der Waals surface area contributed by atoms with Crippen LogP contribution in [0.3, 0.4) is 0 Å². The number of benzene rings is 1. The Labute approximate surface area is 115 Å². The fourth-order valence-corrected chi connectivity index (χ4v) is 2.38. The number of rotatable bonds is 4. The van der Waals surface area contributed by atoms with Crippen LogP contribution in [0.4, 0.5) is 0 Å². The summed E-state index contributed by atoms with van der Waals surface area (Å²) in [4.78, 5) is 10.8. The average Bonchev–Trinajstić information content (AvgIpc) is 2.25. The van der Waals surface area contributed by atoms with Gasteiger partial charge in [-0.1, -0.05) is 0 Å². The highest BCUT2D eigenvalue weighted by molar-refractivity contribution is 9.13. The van der Waals surface area contributed by atoms with E-state index in [0.717, 1.165) is 0 Å². The predicted octanol–water partition coefficient (Wildman–Crippen LogP) is 1.80. The molecule has 0 bridgehead atoms. The van der Waals surface area contributed by atoms with E-state index in [2.05, 4.69) is 31.9 Å². The molecule has 17 heavy (non-hydrogen) atoms. The molecule has 0 aliphatic carbocycles. The summed E-state index contributed by atoms with van der Waals surface area (Å²) in [5.41, 5.74) is 11.6. The zero-order chi connectivity index (χ0) is 13.2. The third-order valence-electron chi connectivity index (χ3n) is 2.21. The first-order valence-corrected chi connectivity index (χ1v) is 6.25. The number of phenols is 1. The number of primary amides is 1. The Balaban J connectivity index is 3.24. The number of amides is 1. The minimum absolute atomic E-state index is 0.0129. The van der Waals surface area contributed by atoms with E-state index in [9.17, 15) is 9.90 Å². The number of hydrogen-bond acceptors (Lipinski definition) is 4. The summed E-state index contributed by atoms with van der Waals surface area (Å²) in [6, 6.07) is 1.00. The van der Waals surface area contributed by atoms with Crippen molar-refractivity contribution in [2.45, 2.75) is 12.5 Å².